The van der Waals surface area contributed by atoms with Gasteiger partial charge in [-0.15, -0.1) is 0 Å². The van der Waals surface area contributed by atoms with Gasteiger partial charge in [-0.05, 0) is 81.7 Å². The number of nitro groups is 1. The first-order chi connectivity index (χ1) is 21.3. The van der Waals surface area contributed by atoms with Crippen molar-refractivity contribution in [1.82, 2.24) is 26.0 Å². The normalized spacial score (nSPS) is 16.6. The van der Waals surface area contributed by atoms with E-state index in [0.717, 1.165) is 37.0 Å². The van der Waals surface area contributed by atoms with E-state index >= 15 is 0 Å². The number of carbonyl (C=O) groups is 3. The third-order valence-corrected chi connectivity index (χ3v) is 9.44. The van der Waals surface area contributed by atoms with Crippen LogP contribution < -0.4 is 26.0 Å². The highest BCUT2D eigenvalue weighted by molar-refractivity contribution is 7.89. The van der Waals surface area contributed by atoms with Gasteiger partial charge in [0.25, 0.3) is 5.69 Å². The number of rotatable bonds is 16. The number of nitrogens with one attached hydrogen (secondary N) is 5. The maximum Gasteiger partial charge on any atom is 0.269 e. The first-order valence-electron chi connectivity index (χ1n) is 15.2. The smallest absolute Gasteiger partial charge is 0.269 e. The van der Waals surface area contributed by atoms with Crippen LogP contribution in [0.4, 0.5) is 5.69 Å². The molecule has 45 heavy (non-hydrogen) atoms. The molecule has 1 aliphatic rings. The fourth-order valence-corrected chi connectivity index (χ4v) is 6.24. The molecule has 0 fully saturated rings. The zero-order chi connectivity index (χ0) is 33.1. The Hall–Kier alpha value is -3.88. The van der Waals surface area contributed by atoms with Crippen molar-refractivity contribution in [2.45, 2.75) is 88.4 Å². The first-order valence-corrected chi connectivity index (χ1v) is 16.7. The van der Waals surface area contributed by atoms with Gasteiger partial charge < -0.3 is 21.3 Å². The van der Waals surface area contributed by atoms with Gasteiger partial charge in [-0.3, -0.25) is 24.5 Å². The summed E-state index contributed by atoms with van der Waals surface area (Å²) in [7, 11) is -2.25. The predicted octanol–water partition coefficient (Wildman–Crippen LogP) is 2.47. The molecule has 0 heterocycles. The Morgan fingerprint density at radius 3 is 2.29 bits per heavy atom. The molecule has 0 saturated heterocycles. The van der Waals surface area contributed by atoms with Gasteiger partial charge in [-0.1, -0.05) is 38.1 Å². The minimum Gasteiger partial charge on any atom is -0.348 e. The summed E-state index contributed by atoms with van der Waals surface area (Å²) in [5.41, 5.74) is 2.01. The Morgan fingerprint density at radius 1 is 0.956 bits per heavy atom. The van der Waals surface area contributed by atoms with Gasteiger partial charge in [0, 0.05) is 18.7 Å². The number of nitrogens with zero attached hydrogens (tertiary/aromatic N) is 1. The number of unbranched alkanes of at least 4 members (excludes halogenated alkanes) is 1. The summed E-state index contributed by atoms with van der Waals surface area (Å²) in [4.78, 5) is 49.8. The number of sulfonamides is 1. The van der Waals surface area contributed by atoms with Gasteiger partial charge in [0.2, 0.25) is 27.7 Å². The summed E-state index contributed by atoms with van der Waals surface area (Å²) < 4.78 is 27.8. The van der Waals surface area contributed by atoms with E-state index in [1.807, 2.05) is 24.3 Å². The fourth-order valence-electron chi connectivity index (χ4n) is 5.16. The predicted molar refractivity (Wildman–Crippen MR) is 170 cm³/mol. The Kier molecular flexibility index (Phi) is 13.0. The molecule has 0 bridgehead atoms. The molecular weight excluding hydrogens is 600 g/mol. The summed E-state index contributed by atoms with van der Waals surface area (Å²) >= 11 is 0. The van der Waals surface area contributed by atoms with Crippen LogP contribution in [0.25, 0.3) is 0 Å². The maximum atomic E-state index is 13.6. The standard InChI is InChI=1S/C31H44N6O7S/c1-20(2)28(36-29(38)21(3)32-4)31(40)35-27(30(39)34-26-14-9-11-22-10-5-6-12-25(22)26)13-7-8-19-33-45(43,44)24-17-15-23(16-18-24)37(41)42/h5-6,10,12,15-18,20-21,26-28,32-33H,7-9,11,13-14,19H2,1-4H3,(H,34,39)(H,35,40)(H,36,38). The highest BCUT2D eigenvalue weighted by atomic mass is 32.2. The lowest BCUT2D eigenvalue weighted by Gasteiger charge is -2.30. The van der Waals surface area contributed by atoms with Crippen LogP contribution in [0.2, 0.25) is 0 Å². The van der Waals surface area contributed by atoms with Crippen molar-refractivity contribution in [2.24, 2.45) is 5.92 Å². The van der Waals surface area contributed by atoms with E-state index in [4.69, 9.17) is 0 Å². The molecule has 2 aromatic rings. The van der Waals surface area contributed by atoms with Crippen molar-refractivity contribution in [1.29, 1.82) is 0 Å². The van der Waals surface area contributed by atoms with Gasteiger partial charge in [0.1, 0.15) is 12.1 Å². The lowest BCUT2D eigenvalue weighted by molar-refractivity contribution is -0.384. The molecule has 0 saturated carbocycles. The first kappa shape index (κ1) is 35.6. The average molecular weight is 645 g/mol. The van der Waals surface area contributed by atoms with Crippen molar-refractivity contribution in [3.63, 3.8) is 0 Å². The van der Waals surface area contributed by atoms with Gasteiger partial charge in [0.15, 0.2) is 0 Å². The second-order valence-electron chi connectivity index (χ2n) is 11.6. The fraction of sp³-hybridized carbons (Fsp3) is 0.516. The Bertz CT molecular complexity index is 1450. The lowest BCUT2D eigenvalue weighted by atomic mass is 9.87. The number of carbonyl (C=O) groups excluding carboxylic acids is 3. The summed E-state index contributed by atoms with van der Waals surface area (Å²) in [5.74, 6) is -1.43. The highest BCUT2D eigenvalue weighted by Crippen LogP contribution is 2.29. The van der Waals surface area contributed by atoms with E-state index in [0.29, 0.717) is 12.8 Å². The third kappa shape index (κ3) is 10.1. The van der Waals surface area contributed by atoms with Gasteiger partial charge in [-0.25, -0.2) is 13.1 Å². The second kappa shape index (κ2) is 16.4. The average Bonchev–Trinajstić information content (AvgIpc) is 3.02. The largest absolute Gasteiger partial charge is 0.348 e. The van der Waals surface area contributed by atoms with Gasteiger partial charge in [0.05, 0.1) is 21.9 Å². The van der Waals surface area contributed by atoms with Crippen LogP contribution in [-0.2, 0) is 30.8 Å². The Labute approximate surface area is 264 Å². The maximum absolute atomic E-state index is 13.6. The van der Waals surface area contributed by atoms with Gasteiger partial charge in [-0.2, -0.15) is 0 Å². The van der Waals surface area contributed by atoms with Crippen LogP contribution in [0.5, 0.6) is 0 Å². The van der Waals surface area contributed by atoms with Crippen LogP contribution in [0.1, 0.15) is 70.0 Å². The molecule has 14 heteroatoms. The summed E-state index contributed by atoms with van der Waals surface area (Å²) in [6.07, 6.45) is 3.61. The van der Waals surface area contributed by atoms with Gasteiger partial charge >= 0.3 is 0 Å². The second-order valence-corrected chi connectivity index (χ2v) is 13.4. The molecule has 1 aliphatic carbocycles. The van der Waals surface area contributed by atoms with E-state index in [9.17, 15) is 32.9 Å². The molecule has 0 spiro atoms. The van der Waals surface area contributed by atoms with Crippen molar-refractivity contribution in [3.8, 4) is 0 Å². The number of benzene rings is 2. The molecule has 0 radical (unpaired) electrons. The molecule has 4 unspecified atom stereocenters. The molecule has 13 nitrogen and oxygen atoms in total. The molecule has 0 aromatic heterocycles. The highest BCUT2D eigenvalue weighted by Gasteiger charge is 2.31. The number of likely N-dealkylation sites (N-methyl/N-ethyl adjacent to an activating group) is 1. The SMILES string of the molecule is CNC(C)C(=O)NC(C(=O)NC(CCCCNS(=O)(=O)c1ccc([N+](=O)[O-])cc1)C(=O)NC1CCCc2ccccc21)C(C)C. The molecule has 246 valence electrons. The summed E-state index contributed by atoms with van der Waals surface area (Å²) in [6, 6.07) is 10.0. The zero-order valence-electron chi connectivity index (χ0n) is 26.2. The molecule has 3 amide bonds. The minimum absolute atomic E-state index is 0.0597. The monoisotopic (exact) mass is 644 g/mol. The van der Waals surface area contributed by atoms with E-state index in [1.165, 1.54) is 17.7 Å². The van der Waals surface area contributed by atoms with E-state index in [1.54, 1.807) is 27.8 Å². The number of hydrogen-bond acceptors (Lipinski definition) is 8. The Morgan fingerprint density at radius 2 is 1.64 bits per heavy atom. The number of hydrogen-bond donors (Lipinski definition) is 5. The molecule has 0 aliphatic heterocycles. The van der Waals surface area contributed by atoms with Crippen LogP contribution in [0, 0.1) is 16.0 Å². The molecule has 3 rings (SSSR count). The molecule has 2 aromatic carbocycles. The van der Waals surface area contributed by atoms with E-state index < -0.39 is 39.0 Å². The van der Waals surface area contributed by atoms with Crippen molar-refractivity contribution in [2.75, 3.05) is 13.6 Å². The minimum atomic E-state index is -3.89. The summed E-state index contributed by atoms with van der Waals surface area (Å²) in [6.45, 7) is 5.35. The number of aryl methyl sites for hydroxylation is 1. The number of nitro benzene ring substituents is 1. The molecular formula is C31H44N6O7S. The number of non-ortho nitro benzene ring substituents is 1. The van der Waals surface area contributed by atoms with Crippen LogP contribution in [0.3, 0.4) is 0 Å². The van der Waals surface area contributed by atoms with Crippen LogP contribution in [-0.4, -0.2) is 62.8 Å². The van der Waals surface area contributed by atoms with Crippen molar-refractivity contribution < 1.29 is 27.7 Å². The van der Waals surface area contributed by atoms with E-state index in [2.05, 4.69) is 26.0 Å². The number of amides is 3. The van der Waals surface area contributed by atoms with E-state index in [-0.39, 0.29) is 47.3 Å². The molecule has 4 atom stereocenters. The summed E-state index contributed by atoms with van der Waals surface area (Å²) in [5, 5.41) is 22.4. The Balaban J connectivity index is 1.67. The number of fused-ring (bicyclic) bond motifs is 1. The lowest BCUT2D eigenvalue weighted by Crippen LogP contribution is -2.57. The third-order valence-electron chi connectivity index (χ3n) is 7.96. The van der Waals surface area contributed by atoms with Crippen molar-refractivity contribution in [3.05, 3.63) is 69.8 Å². The molecule has 5 N–H and O–H groups in total. The zero-order valence-corrected chi connectivity index (χ0v) is 27.0. The topological polar surface area (TPSA) is 189 Å². The van der Waals surface area contributed by atoms with Crippen molar-refractivity contribution >= 4 is 33.4 Å². The quantitative estimate of drug-likeness (QED) is 0.105. The van der Waals surface area contributed by atoms with Crippen LogP contribution >= 0.6 is 0 Å². The van der Waals surface area contributed by atoms with Crippen LogP contribution in [0.15, 0.2) is 53.4 Å².